The Morgan fingerprint density at radius 1 is 1.24 bits per heavy atom. The second-order valence-corrected chi connectivity index (χ2v) is 10.2. The monoisotopic (exact) mass is 392 g/mol. The van der Waals surface area contributed by atoms with E-state index in [1.54, 1.807) is 0 Å². The Morgan fingerprint density at radius 2 is 1.88 bits per heavy atom. The van der Waals surface area contributed by atoms with Crippen molar-refractivity contribution in [3.05, 3.63) is 35.6 Å². The zero-order valence-electron chi connectivity index (χ0n) is 13.8. The second kappa shape index (κ2) is 7.79. The summed E-state index contributed by atoms with van der Waals surface area (Å²) < 4.78 is 63.6. The fourth-order valence-electron chi connectivity index (χ4n) is 2.77. The van der Waals surface area contributed by atoms with Crippen molar-refractivity contribution in [2.75, 3.05) is 25.9 Å². The van der Waals surface area contributed by atoms with Crippen molar-refractivity contribution in [3.8, 4) is 0 Å². The van der Waals surface area contributed by atoms with Crippen LogP contribution in [0.25, 0.3) is 0 Å². The smallest absolute Gasteiger partial charge is 0.234 e. The van der Waals surface area contributed by atoms with E-state index >= 15 is 0 Å². The van der Waals surface area contributed by atoms with E-state index in [1.807, 2.05) is 0 Å². The molecule has 0 bridgehead atoms. The highest BCUT2D eigenvalue weighted by Gasteiger charge is 2.35. The number of carbonyl (C=O) groups is 1. The standard InChI is InChI=1S/C15H21FN2O5S2/c1-17-15(19)11-24(20,21)14-5-7-18(8-6-14)25(22,23)10-12-3-2-4-13(16)9-12/h2-4,9,14H,5-8,10-11H2,1H3,(H,17,19). The van der Waals surface area contributed by atoms with Gasteiger partial charge >= 0.3 is 0 Å². The van der Waals surface area contributed by atoms with E-state index < -0.39 is 42.6 Å². The lowest BCUT2D eigenvalue weighted by Gasteiger charge is -2.30. The van der Waals surface area contributed by atoms with Crippen LogP contribution in [0.2, 0.25) is 0 Å². The molecule has 1 fully saturated rings. The summed E-state index contributed by atoms with van der Waals surface area (Å²) in [5.74, 6) is -2.02. The molecular weight excluding hydrogens is 371 g/mol. The molecule has 0 radical (unpaired) electrons. The predicted octanol–water partition coefficient (Wildman–Crippen LogP) is 0.281. The van der Waals surface area contributed by atoms with Gasteiger partial charge in [0.2, 0.25) is 15.9 Å². The molecule has 1 aromatic rings. The number of amides is 1. The minimum Gasteiger partial charge on any atom is -0.358 e. The molecule has 140 valence electrons. The van der Waals surface area contributed by atoms with E-state index in [0.29, 0.717) is 5.56 Å². The normalized spacial score (nSPS) is 17.4. The van der Waals surface area contributed by atoms with Crippen molar-refractivity contribution >= 4 is 25.8 Å². The fourth-order valence-corrected chi connectivity index (χ4v) is 6.00. The number of halogens is 1. The van der Waals surface area contributed by atoms with Gasteiger partial charge in [0.25, 0.3) is 0 Å². The molecule has 2 rings (SSSR count). The Kier molecular flexibility index (Phi) is 6.17. The van der Waals surface area contributed by atoms with Crippen LogP contribution in [0.5, 0.6) is 0 Å². The summed E-state index contributed by atoms with van der Waals surface area (Å²) in [6.07, 6.45) is 0.281. The molecule has 0 atom stereocenters. The molecule has 1 heterocycles. The Balaban J connectivity index is 2.00. The second-order valence-electron chi connectivity index (χ2n) is 5.96. The van der Waals surface area contributed by atoms with Gasteiger partial charge in [-0.3, -0.25) is 4.79 Å². The van der Waals surface area contributed by atoms with Crippen LogP contribution in [0, 0.1) is 5.82 Å². The van der Waals surface area contributed by atoms with Gasteiger partial charge in [0.1, 0.15) is 11.6 Å². The molecule has 10 heteroatoms. The fraction of sp³-hybridized carbons (Fsp3) is 0.533. The quantitative estimate of drug-likeness (QED) is 0.750. The van der Waals surface area contributed by atoms with Gasteiger partial charge < -0.3 is 5.32 Å². The summed E-state index contributed by atoms with van der Waals surface area (Å²) in [4.78, 5) is 11.3. The van der Waals surface area contributed by atoms with Crippen LogP contribution in [0.4, 0.5) is 4.39 Å². The number of benzene rings is 1. The molecule has 0 aliphatic carbocycles. The summed E-state index contributed by atoms with van der Waals surface area (Å²) in [6, 6.07) is 5.37. The van der Waals surface area contributed by atoms with Crippen LogP contribution in [0.1, 0.15) is 18.4 Å². The molecular formula is C15H21FN2O5S2. The van der Waals surface area contributed by atoms with Gasteiger partial charge in [-0.1, -0.05) is 12.1 Å². The molecule has 0 aromatic heterocycles. The van der Waals surface area contributed by atoms with E-state index in [4.69, 9.17) is 0 Å². The summed E-state index contributed by atoms with van der Waals surface area (Å²) >= 11 is 0. The minimum atomic E-state index is -3.66. The molecule has 7 nitrogen and oxygen atoms in total. The highest BCUT2D eigenvalue weighted by atomic mass is 32.2. The molecule has 1 aliphatic rings. The number of hydrogen-bond acceptors (Lipinski definition) is 5. The number of hydrogen-bond donors (Lipinski definition) is 1. The summed E-state index contributed by atoms with van der Waals surface area (Å²) in [7, 11) is -5.91. The van der Waals surface area contributed by atoms with E-state index in [9.17, 15) is 26.0 Å². The number of rotatable bonds is 6. The van der Waals surface area contributed by atoms with Crippen LogP contribution in [-0.4, -0.2) is 58.2 Å². The van der Waals surface area contributed by atoms with Gasteiger partial charge in [0, 0.05) is 20.1 Å². The average Bonchev–Trinajstić information content (AvgIpc) is 2.54. The molecule has 1 saturated heterocycles. The van der Waals surface area contributed by atoms with Gasteiger partial charge in [-0.25, -0.2) is 25.5 Å². The lowest BCUT2D eigenvalue weighted by molar-refractivity contribution is -0.118. The van der Waals surface area contributed by atoms with Crippen molar-refractivity contribution in [3.63, 3.8) is 0 Å². The molecule has 0 unspecified atom stereocenters. The molecule has 1 N–H and O–H groups in total. The highest BCUT2D eigenvalue weighted by Crippen LogP contribution is 2.22. The van der Waals surface area contributed by atoms with E-state index in [-0.39, 0.29) is 31.7 Å². The maximum absolute atomic E-state index is 13.2. The molecule has 1 amide bonds. The van der Waals surface area contributed by atoms with Crippen LogP contribution >= 0.6 is 0 Å². The van der Waals surface area contributed by atoms with Gasteiger partial charge in [-0.15, -0.1) is 0 Å². The maximum Gasteiger partial charge on any atom is 0.234 e. The Labute approximate surface area is 147 Å². The van der Waals surface area contributed by atoms with Crippen molar-refractivity contribution < 1.29 is 26.0 Å². The summed E-state index contributed by atoms with van der Waals surface area (Å²) in [6.45, 7) is 0.130. The number of nitrogens with zero attached hydrogens (tertiary/aromatic N) is 1. The Morgan fingerprint density at radius 3 is 2.44 bits per heavy atom. The first-order chi connectivity index (χ1) is 11.6. The van der Waals surface area contributed by atoms with E-state index in [2.05, 4.69) is 5.32 Å². The van der Waals surface area contributed by atoms with Crippen molar-refractivity contribution in [2.45, 2.75) is 23.8 Å². The van der Waals surface area contributed by atoms with Gasteiger partial charge in [-0.2, -0.15) is 0 Å². The van der Waals surface area contributed by atoms with Crippen LogP contribution in [-0.2, 0) is 30.4 Å². The van der Waals surface area contributed by atoms with Crippen molar-refractivity contribution in [1.29, 1.82) is 0 Å². The number of piperidine rings is 1. The van der Waals surface area contributed by atoms with E-state index in [1.165, 1.54) is 29.6 Å². The van der Waals surface area contributed by atoms with Crippen molar-refractivity contribution in [1.82, 2.24) is 9.62 Å². The minimum absolute atomic E-state index is 0.0648. The summed E-state index contributed by atoms with van der Waals surface area (Å²) in [5, 5.41) is 1.54. The number of sulfonamides is 1. The largest absolute Gasteiger partial charge is 0.358 e. The maximum atomic E-state index is 13.2. The van der Waals surface area contributed by atoms with Crippen LogP contribution in [0.3, 0.4) is 0 Å². The molecule has 0 saturated carbocycles. The molecule has 1 aromatic carbocycles. The number of sulfone groups is 1. The SMILES string of the molecule is CNC(=O)CS(=O)(=O)C1CCN(S(=O)(=O)Cc2cccc(F)c2)CC1. The first kappa shape index (κ1) is 19.8. The molecule has 0 spiro atoms. The Hall–Kier alpha value is -1.52. The van der Waals surface area contributed by atoms with Crippen LogP contribution < -0.4 is 5.32 Å². The predicted molar refractivity (Wildman–Crippen MR) is 91.5 cm³/mol. The number of carbonyl (C=O) groups excluding carboxylic acids is 1. The lowest BCUT2D eigenvalue weighted by Crippen LogP contribution is -2.44. The third kappa shape index (κ3) is 5.23. The zero-order valence-corrected chi connectivity index (χ0v) is 15.4. The topological polar surface area (TPSA) is 101 Å². The Bertz CT molecular complexity index is 831. The molecule has 1 aliphatic heterocycles. The third-order valence-electron chi connectivity index (χ3n) is 4.15. The molecule has 25 heavy (non-hydrogen) atoms. The van der Waals surface area contributed by atoms with Crippen LogP contribution in [0.15, 0.2) is 24.3 Å². The first-order valence-corrected chi connectivity index (χ1v) is 11.1. The van der Waals surface area contributed by atoms with Gasteiger partial charge in [-0.05, 0) is 30.5 Å². The lowest BCUT2D eigenvalue weighted by atomic mass is 10.2. The zero-order chi connectivity index (χ0) is 18.7. The highest BCUT2D eigenvalue weighted by molar-refractivity contribution is 7.92. The van der Waals surface area contributed by atoms with Gasteiger partial charge in [0.15, 0.2) is 9.84 Å². The van der Waals surface area contributed by atoms with Gasteiger partial charge in [0.05, 0.1) is 11.0 Å². The first-order valence-electron chi connectivity index (χ1n) is 7.78. The average molecular weight is 392 g/mol. The van der Waals surface area contributed by atoms with Crippen molar-refractivity contribution in [2.24, 2.45) is 0 Å². The van der Waals surface area contributed by atoms with E-state index in [0.717, 1.165) is 6.07 Å². The summed E-state index contributed by atoms with van der Waals surface area (Å²) in [5.41, 5.74) is 0.342. The number of nitrogens with one attached hydrogen (secondary N) is 1. The third-order valence-corrected chi connectivity index (χ3v) is 8.15.